The van der Waals surface area contributed by atoms with Gasteiger partial charge in [-0.3, -0.25) is 4.79 Å². The second-order valence-corrected chi connectivity index (χ2v) is 3.19. The van der Waals surface area contributed by atoms with Crippen molar-refractivity contribution in [2.24, 2.45) is 5.73 Å². The minimum Gasteiger partial charge on any atom is -0.368 e. The lowest BCUT2D eigenvalue weighted by molar-refractivity contribution is -0.116. The van der Waals surface area contributed by atoms with E-state index in [2.05, 4.69) is 0 Å². The fourth-order valence-corrected chi connectivity index (χ4v) is 1.24. The molecule has 0 bridgehead atoms. The van der Waals surface area contributed by atoms with Crippen molar-refractivity contribution in [3.05, 3.63) is 29.3 Å². The van der Waals surface area contributed by atoms with Crippen LogP contribution in [0.1, 0.15) is 5.56 Å². The molecular formula is C10H9F2N3O. The normalized spacial score (nSPS) is 9.62. The van der Waals surface area contributed by atoms with E-state index in [4.69, 9.17) is 11.0 Å². The molecule has 6 heteroatoms. The van der Waals surface area contributed by atoms with Crippen LogP contribution in [-0.4, -0.2) is 19.5 Å². The van der Waals surface area contributed by atoms with Crippen LogP contribution in [0.4, 0.5) is 14.5 Å². The maximum absolute atomic E-state index is 13.4. The topological polar surface area (TPSA) is 70.1 Å². The maximum atomic E-state index is 13.4. The van der Waals surface area contributed by atoms with E-state index in [1.165, 1.54) is 24.1 Å². The summed E-state index contributed by atoms with van der Waals surface area (Å²) in [7, 11) is 1.40. The van der Waals surface area contributed by atoms with Crippen molar-refractivity contribution < 1.29 is 13.6 Å². The van der Waals surface area contributed by atoms with Crippen LogP contribution in [0.3, 0.4) is 0 Å². The van der Waals surface area contributed by atoms with Crippen molar-refractivity contribution in [3.63, 3.8) is 0 Å². The van der Waals surface area contributed by atoms with E-state index in [1.54, 1.807) is 0 Å². The monoisotopic (exact) mass is 225 g/mol. The van der Waals surface area contributed by atoms with Gasteiger partial charge >= 0.3 is 0 Å². The third-order valence-electron chi connectivity index (χ3n) is 1.99. The van der Waals surface area contributed by atoms with Crippen LogP contribution >= 0.6 is 0 Å². The van der Waals surface area contributed by atoms with E-state index in [1.807, 2.05) is 0 Å². The fourth-order valence-electron chi connectivity index (χ4n) is 1.24. The number of hydrogen-bond acceptors (Lipinski definition) is 3. The van der Waals surface area contributed by atoms with Gasteiger partial charge in [0.25, 0.3) is 0 Å². The van der Waals surface area contributed by atoms with Gasteiger partial charge in [0.15, 0.2) is 11.6 Å². The zero-order chi connectivity index (χ0) is 12.3. The molecule has 2 N–H and O–H groups in total. The van der Waals surface area contributed by atoms with Crippen molar-refractivity contribution in [2.75, 3.05) is 18.5 Å². The highest BCUT2D eigenvalue weighted by atomic mass is 19.2. The second-order valence-electron chi connectivity index (χ2n) is 3.19. The van der Waals surface area contributed by atoms with Gasteiger partial charge in [0.1, 0.15) is 6.07 Å². The van der Waals surface area contributed by atoms with Crippen molar-refractivity contribution >= 4 is 11.6 Å². The summed E-state index contributed by atoms with van der Waals surface area (Å²) >= 11 is 0. The molecule has 4 nitrogen and oxygen atoms in total. The van der Waals surface area contributed by atoms with Crippen LogP contribution in [0.2, 0.25) is 0 Å². The standard InChI is InChI=1S/C10H9F2N3O/c1-15(5-8(14)16)7-3-2-6(4-13)9(11)10(7)12/h2-3H,5H2,1H3,(H2,14,16). The summed E-state index contributed by atoms with van der Waals surface area (Å²) < 4.78 is 26.7. The molecule has 0 aliphatic rings. The van der Waals surface area contributed by atoms with Crippen LogP contribution in [0.15, 0.2) is 12.1 Å². The molecule has 0 atom stereocenters. The molecule has 0 unspecified atom stereocenters. The summed E-state index contributed by atoms with van der Waals surface area (Å²) in [5.41, 5.74) is 4.43. The predicted molar refractivity (Wildman–Crippen MR) is 53.5 cm³/mol. The van der Waals surface area contributed by atoms with Gasteiger partial charge in [-0.25, -0.2) is 8.78 Å². The molecule has 0 aromatic heterocycles. The molecule has 1 aromatic carbocycles. The number of primary amides is 1. The number of hydrogen-bond donors (Lipinski definition) is 1. The second kappa shape index (κ2) is 4.57. The lowest BCUT2D eigenvalue weighted by atomic mass is 10.2. The molecule has 0 spiro atoms. The summed E-state index contributed by atoms with van der Waals surface area (Å²) in [6, 6.07) is 3.88. The number of likely N-dealkylation sites (N-methyl/N-ethyl adjacent to an activating group) is 1. The Hall–Kier alpha value is -2.16. The highest BCUT2D eigenvalue weighted by Crippen LogP contribution is 2.22. The fraction of sp³-hybridized carbons (Fsp3) is 0.200. The van der Waals surface area contributed by atoms with Crippen molar-refractivity contribution in [3.8, 4) is 6.07 Å². The molecule has 0 radical (unpaired) electrons. The lowest BCUT2D eigenvalue weighted by Crippen LogP contribution is -2.31. The Bertz CT molecular complexity index is 468. The number of nitrogens with zero attached hydrogens (tertiary/aromatic N) is 2. The number of amides is 1. The number of halogens is 2. The molecule has 1 aromatic rings. The summed E-state index contributed by atoms with van der Waals surface area (Å²) in [5.74, 6) is -3.05. The summed E-state index contributed by atoms with van der Waals surface area (Å²) in [4.78, 5) is 11.8. The molecule has 0 saturated carbocycles. The molecule has 16 heavy (non-hydrogen) atoms. The van der Waals surface area contributed by atoms with E-state index in [-0.39, 0.29) is 17.8 Å². The minimum atomic E-state index is -1.23. The predicted octanol–water partition coefficient (Wildman–Crippen LogP) is 0.758. The van der Waals surface area contributed by atoms with E-state index in [0.717, 1.165) is 6.07 Å². The molecule has 0 aliphatic carbocycles. The lowest BCUT2D eigenvalue weighted by Gasteiger charge is -2.18. The third kappa shape index (κ3) is 2.25. The molecular weight excluding hydrogens is 216 g/mol. The first-order valence-corrected chi connectivity index (χ1v) is 4.35. The maximum Gasteiger partial charge on any atom is 0.236 e. The minimum absolute atomic E-state index is 0.115. The van der Waals surface area contributed by atoms with Gasteiger partial charge < -0.3 is 10.6 Å². The zero-order valence-corrected chi connectivity index (χ0v) is 8.50. The first-order chi connectivity index (χ1) is 7.47. The first kappa shape index (κ1) is 11.9. The van der Waals surface area contributed by atoms with Gasteiger partial charge in [-0.1, -0.05) is 0 Å². The Kier molecular flexibility index (Phi) is 3.40. The molecule has 1 amide bonds. The number of carbonyl (C=O) groups is 1. The molecule has 0 heterocycles. The van der Waals surface area contributed by atoms with Crippen molar-refractivity contribution in [1.82, 2.24) is 0 Å². The molecule has 84 valence electrons. The summed E-state index contributed by atoms with van der Waals surface area (Å²) in [6.45, 7) is -0.234. The largest absolute Gasteiger partial charge is 0.368 e. The van der Waals surface area contributed by atoms with Gasteiger partial charge in [-0.05, 0) is 12.1 Å². The number of benzene rings is 1. The van der Waals surface area contributed by atoms with Gasteiger partial charge in [0, 0.05) is 7.05 Å². The smallest absolute Gasteiger partial charge is 0.236 e. The van der Waals surface area contributed by atoms with E-state index < -0.39 is 17.5 Å². The SMILES string of the molecule is CN(CC(N)=O)c1ccc(C#N)c(F)c1F. The molecule has 0 saturated heterocycles. The Labute approximate surface area is 90.9 Å². The number of nitriles is 1. The van der Waals surface area contributed by atoms with Crippen LogP contribution in [0.25, 0.3) is 0 Å². The van der Waals surface area contributed by atoms with Gasteiger partial charge in [-0.2, -0.15) is 5.26 Å². The van der Waals surface area contributed by atoms with E-state index >= 15 is 0 Å². The Morgan fingerprint density at radius 3 is 2.62 bits per heavy atom. The van der Waals surface area contributed by atoms with Crippen LogP contribution in [-0.2, 0) is 4.79 Å². The molecule has 1 rings (SSSR count). The average molecular weight is 225 g/mol. The number of carbonyl (C=O) groups excluding carboxylic acids is 1. The number of nitrogens with two attached hydrogens (primary N) is 1. The summed E-state index contributed by atoms with van der Waals surface area (Å²) in [5, 5.41) is 8.47. The molecule has 0 fully saturated rings. The number of rotatable bonds is 3. The van der Waals surface area contributed by atoms with Crippen LogP contribution < -0.4 is 10.6 Å². The van der Waals surface area contributed by atoms with Gasteiger partial charge in [0.2, 0.25) is 5.91 Å². The van der Waals surface area contributed by atoms with Crippen LogP contribution in [0, 0.1) is 23.0 Å². The highest BCUT2D eigenvalue weighted by molar-refractivity contribution is 5.79. The van der Waals surface area contributed by atoms with Gasteiger partial charge in [-0.15, -0.1) is 0 Å². The Balaban J connectivity index is 3.13. The van der Waals surface area contributed by atoms with Crippen molar-refractivity contribution in [1.29, 1.82) is 5.26 Å². The van der Waals surface area contributed by atoms with Crippen molar-refractivity contribution in [2.45, 2.75) is 0 Å². The molecule has 0 aliphatic heterocycles. The Morgan fingerprint density at radius 2 is 2.12 bits per heavy atom. The van der Waals surface area contributed by atoms with Crippen LogP contribution in [0.5, 0.6) is 0 Å². The Morgan fingerprint density at radius 1 is 1.50 bits per heavy atom. The zero-order valence-electron chi connectivity index (χ0n) is 8.50. The highest BCUT2D eigenvalue weighted by Gasteiger charge is 2.16. The van der Waals surface area contributed by atoms with E-state index in [9.17, 15) is 13.6 Å². The number of anilines is 1. The quantitative estimate of drug-likeness (QED) is 0.825. The third-order valence-corrected chi connectivity index (χ3v) is 1.99. The first-order valence-electron chi connectivity index (χ1n) is 4.35. The van der Waals surface area contributed by atoms with E-state index in [0.29, 0.717) is 0 Å². The average Bonchev–Trinajstić information content (AvgIpc) is 2.20. The summed E-state index contributed by atoms with van der Waals surface area (Å²) in [6.07, 6.45) is 0. The van der Waals surface area contributed by atoms with Gasteiger partial charge in [0.05, 0.1) is 17.8 Å².